The SMILES string of the molecule is COc1ccccc1[C@H](CNC(=O)CCCSc1nc2ccccc2s1)N(C)C. The lowest BCUT2D eigenvalue weighted by Crippen LogP contribution is -2.34. The summed E-state index contributed by atoms with van der Waals surface area (Å²) >= 11 is 3.43. The first-order valence-corrected chi connectivity index (χ1v) is 11.4. The number of aromatic nitrogens is 1. The molecule has 0 bridgehead atoms. The molecule has 2 aromatic carbocycles. The number of nitrogens with zero attached hydrogens (tertiary/aromatic N) is 2. The van der Waals surface area contributed by atoms with Gasteiger partial charge in [0, 0.05) is 24.3 Å². The standard InChI is InChI=1S/C22H27N3O2S2/c1-25(2)18(16-9-4-6-11-19(16)27-3)15-23-21(26)13-8-14-28-22-24-17-10-5-7-12-20(17)29-22/h4-7,9-12,18H,8,13-15H2,1-3H3,(H,23,26)/t18-/m0/s1. The molecule has 0 spiro atoms. The van der Waals surface area contributed by atoms with E-state index >= 15 is 0 Å². The Bertz CT molecular complexity index is 909. The van der Waals surface area contributed by atoms with Gasteiger partial charge >= 0.3 is 0 Å². The lowest BCUT2D eigenvalue weighted by molar-refractivity contribution is -0.121. The van der Waals surface area contributed by atoms with E-state index in [1.807, 2.05) is 56.6 Å². The number of benzene rings is 2. The average molecular weight is 430 g/mol. The van der Waals surface area contributed by atoms with E-state index in [0.717, 1.165) is 33.3 Å². The van der Waals surface area contributed by atoms with Gasteiger partial charge in [-0.3, -0.25) is 4.79 Å². The van der Waals surface area contributed by atoms with Gasteiger partial charge in [0.15, 0.2) is 4.34 Å². The van der Waals surface area contributed by atoms with E-state index in [1.54, 1.807) is 30.2 Å². The number of thioether (sulfide) groups is 1. The summed E-state index contributed by atoms with van der Waals surface area (Å²) < 4.78 is 7.75. The summed E-state index contributed by atoms with van der Waals surface area (Å²) in [5, 5.41) is 3.08. The minimum absolute atomic E-state index is 0.0622. The van der Waals surface area contributed by atoms with Crippen molar-refractivity contribution < 1.29 is 9.53 Å². The number of thiazole rings is 1. The Morgan fingerprint density at radius 3 is 2.72 bits per heavy atom. The van der Waals surface area contributed by atoms with E-state index in [4.69, 9.17) is 4.74 Å². The minimum Gasteiger partial charge on any atom is -0.496 e. The topological polar surface area (TPSA) is 54.5 Å². The number of nitrogens with one attached hydrogen (secondary N) is 1. The van der Waals surface area contributed by atoms with Crippen LogP contribution >= 0.6 is 23.1 Å². The second-order valence-electron chi connectivity index (χ2n) is 6.92. The average Bonchev–Trinajstić information content (AvgIpc) is 3.14. The molecule has 154 valence electrons. The predicted molar refractivity (Wildman–Crippen MR) is 122 cm³/mol. The molecule has 3 rings (SSSR count). The Labute approximate surface area is 180 Å². The monoisotopic (exact) mass is 429 g/mol. The van der Waals surface area contributed by atoms with Crippen molar-refractivity contribution in [2.24, 2.45) is 0 Å². The first-order valence-electron chi connectivity index (χ1n) is 9.63. The van der Waals surface area contributed by atoms with Crippen LogP contribution in [0.2, 0.25) is 0 Å². The molecule has 0 aliphatic heterocycles. The number of likely N-dealkylation sites (N-methyl/N-ethyl adjacent to an activating group) is 1. The highest BCUT2D eigenvalue weighted by atomic mass is 32.2. The molecule has 1 amide bonds. The molecule has 0 fully saturated rings. The number of para-hydroxylation sites is 2. The third-order valence-corrected chi connectivity index (χ3v) is 6.93. The van der Waals surface area contributed by atoms with Crippen LogP contribution in [-0.2, 0) is 4.79 Å². The van der Waals surface area contributed by atoms with Crippen LogP contribution in [0.5, 0.6) is 5.75 Å². The third kappa shape index (κ3) is 5.95. The summed E-state index contributed by atoms with van der Waals surface area (Å²) in [6, 6.07) is 16.2. The Morgan fingerprint density at radius 2 is 1.97 bits per heavy atom. The molecule has 1 heterocycles. The summed E-state index contributed by atoms with van der Waals surface area (Å²) in [5.74, 6) is 1.81. The fraction of sp³-hybridized carbons (Fsp3) is 0.364. The molecule has 5 nitrogen and oxygen atoms in total. The quantitative estimate of drug-likeness (QED) is 0.377. The van der Waals surface area contributed by atoms with E-state index in [1.165, 1.54) is 4.70 Å². The number of amides is 1. The summed E-state index contributed by atoms with van der Waals surface area (Å²) in [4.78, 5) is 19.0. The van der Waals surface area contributed by atoms with Gasteiger partial charge in [0.25, 0.3) is 0 Å². The number of hydrogen-bond acceptors (Lipinski definition) is 6. The zero-order chi connectivity index (χ0) is 20.6. The smallest absolute Gasteiger partial charge is 0.220 e. The number of hydrogen-bond donors (Lipinski definition) is 1. The van der Waals surface area contributed by atoms with E-state index in [9.17, 15) is 4.79 Å². The normalized spacial score (nSPS) is 12.3. The van der Waals surface area contributed by atoms with Crippen molar-refractivity contribution in [3.8, 4) is 5.75 Å². The first-order chi connectivity index (χ1) is 14.1. The first kappa shape index (κ1) is 21.6. The number of fused-ring (bicyclic) bond motifs is 1. The lowest BCUT2D eigenvalue weighted by Gasteiger charge is -2.26. The van der Waals surface area contributed by atoms with Gasteiger partial charge in [-0.15, -0.1) is 11.3 Å². The molecule has 0 unspecified atom stereocenters. The second-order valence-corrected chi connectivity index (χ2v) is 9.30. The lowest BCUT2D eigenvalue weighted by atomic mass is 10.0. The van der Waals surface area contributed by atoms with Gasteiger partial charge in [-0.1, -0.05) is 42.1 Å². The van der Waals surface area contributed by atoms with E-state index in [0.29, 0.717) is 13.0 Å². The minimum atomic E-state index is 0.0622. The Hall–Kier alpha value is -2.09. The van der Waals surface area contributed by atoms with Crippen LogP contribution in [0.15, 0.2) is 52.9 Å². The number of carbonyl (C=O) groups is 1. The van der Waals surface area contributed by atoms with Crippen molar-refractivity contribution in [3.05, 3.63) is 54.1 Å². The molecule has 29 heavy (non-hydrogen) atoms. The second kappa shape index (κ2) is 10.6. The highest BCUT2D eigenvalue weighted by Gasteiger charge is 2.18. The molecular formula is C22H27N3O2S2. The van der Waals surface area contributed by atoms with Crippen LogP contribution < -0.4 is 10.1 Å². The maximum absolute atomic E-state index is 12.3. The van der Waals surface area contributed by atoms with Crippen LogP contribution in [0.4, 0.5) is 0 Å². The van der Waals surface area contributed by atoms with Crippen molar-refractivity contribution in [2.45, 2.75) is 23.2 Å². The van der Waals surface area contributed by atoms with Gasteiger partial charge in [-0.2, -0.15) is 0 Å². The molecule has 0 saturated heterocycles. The van der Waals surface area contributed by atoms with Crippen molar-refractivity contribution in [3.63, 3.8) is 0 Å². The number of carbonyl (C=O) groups excluding carboxylic acids is 1. The van der Waals surface area contributed by atoms with Crippen LogP contribution in [-0.4, -0.2) is 49.3 Å². The summed E-state index contributed by atoms with van der Waals surface area (Å²) in [6.45, 7) is 0.553. The van der Waals surface area contributed by atoms with Crippen LogP contribution in [0.25, 0.3) is 10.2 Å². The van der Waals surface area contributed by atoms with Gasteiger partial charge in [0.2, 0.25) is 5.91 Å². The summed E-state index contributed by atoms with van der Waals surface area (Å²) in [6.07, 6.45) is 1.34. The fourth-order valence-electron chi connectivity index (χ4n) is 3.12. The molecule has 0 aliphatic carbocycles. The Morgan fingerprint density at radius 1 is 1.21 bits per heavy atom. The maximum atomic E-state index is 12.3. The van der Waals surface area contributed by atoms with Gasteiger partial charge < -0.3 is 15.0 Å². The number of ether oxygens (including phenoxy) is 1. The van der Waals surface area contributed by atoms with E-state index in [-0.39, 0.29) is 11.9 Å². The molecule has 1 N–H and O–H groups in total. The maximum Gasteiger partial charge on any atom is 0.220 e. The van der Waals surface area contributed by atoms with Gasteiger partial charge in [-0.05, 0) is 38.7 Å². The summed E-state index contributed by atoms with van der Waals surface area (Å²) in [7, 11) is 5.70. The highest BCUT2D eigenvalue weighted by Crippen LogP contribution is 2.30. The molecule has 0 radical (unpaired) electrons. The largest absolute Gasteiger partial charge is 0.496 e. The predicted octanol–water partition coefficient (Wildman–Crippen LogP) is 4.60. The zero-order valence-corrected chi connectivity index (χ0v) is 18.7. The molecule has 3 aromatic rings. The summed E-state index contributed by atoms with van der Waals surface area (Å²) in [5.41, 5.74) is 2.12. The third-order valence-electron chi connectivity index (χ3n) is 4.66. The van der Waals surface area contributed by atoms with Crippen molar-refractivity contribution >= 4 is 39.2 Å². The molecule has 0 saturated carbocycles. The molecule has 7 heteroatoms. The Kier molecular flexibility index (Phi) is 7.91. The van der Waals surface area contributed by atoms with Crippen molar-refractivity contribution in [2.75, 3.05) is 33.5 Å². The van der Waals surface area contributed by atoms with E-state index < -0.39 is 0 Å². The van der Waals surface area contributed by atoms with Crippen LogP contribution in [0.3, 0.4) is 0 Å². The van der Waals surface area contributed by atoms with Gasteiger partial charge in [0.05, 0.1) is 23.4 Å². The van der Waals surface area contributed by atoms with Crippen LogP contribution in [0.1, 0.15) is 24.4 Å². The van der Waals surface area contributed by atoms with Crippen molar-refractivity contribution in [1.82, 2.24) is 15.2 Å². The fourth-order valence-corrected chi connectivity index (χ4v) is 5.19. The van der Waals surface area contributed by atoms with Gasteiger partial charge in [0.1, 0.15) is 5.75 Å². The molecular weight excluding hydrogens is 402 g/mol. The zero-order valence-electron chi connectivity index (χ0n) is 17.1. The molecule has 1 atom stereocenters. The van der Waals surface area contributed by atoms with E-state index in [2.05, 4.69) is 21.3 Å². The number of rotatable bonds is 10. The number of methoxy groups -OCH3 is 1. The molecule has 0 aliphatic rings. The Balaban J connectivity index is 1.44. The van der Waals surface area contributed by atoms with Gasteiger partial charge in [-0.25, -0.2) is 4.98 Å². The molecule has 1 aromatic heterocycles. The van der Waals surface area contributed by atoms with Crippen molar-refractivity contribution in [1.29, 1.82) is 0 Å². The highest BCUT2D eigenvalue weighted by molar-refractivity contribution is 8.01. The van der Waals surface area contributed by atoms with Crippen LogP contribution in [0, 0.1) is 0 Å².